The number of hydrogen-bond acceptors (Lipinski definition) is 3. The maximum Gasteiger partial charge on any atom is 0.319 e. The van der Waals surface area contributed by atoms with Gasteiger partial charge in [0.1, 0.15) is 0 Å². The second kappa shape index (κ2) is 9.69. The lowest BCUT2D eigenvalue weighted by Crippen LogP contribution is -2.51. The second-order valence-corrected chi connectivity index (χ2v) is 9.72. The SMILES string of the molecule is CC(C)c1cccc(C(C)C)c1NC(=O)NCC1(C2CCCCC2)O[C@H](C)[C@@H](C)O1. The van der Waals surface area contributed by atoms with Crippen LogP contribution in [0.5, 0.6) is 0 Å². The van der Waals surface area contributed by atoms with Gasteiger partial charge in [-0.1, -0.05) is 65.2 Å². The molecule has 1 saturated carbocycles. The van der Waals surface area contributed by atoms with E-state index >= 15 is 0 Å². The van der Waals surface area contributed by atoms with Crippen molar-refractivity contribution in [3.63, 3.8) is 0 Å². The Hall–Kier alpha value is -1.59. The summed E-state index contributed by atoms with van der Waals surface area (Å²) >= 11 is 0. The Morgan fingerprint density at radius 1 is 1.00 bits per heavy atom. The molecule has 0 aromatic heterocycles. The van der Waals surface area contributed by atoms with Gasteiger partial charge in [0.25, 0.3) is 0 Å². The van der Waals surface area contributed by atoms with Crippen LogP contribution in [-0.4, -0.2) is 30.6 Å². The van der Waals surface area contributed by atoms with Crippen LogP contribution in [0, 0.1) is 5.92 Å². The van der Waals surface area contributed by atoms with E-state index in [-0.39, 0.29) is 18.2 Å². The molecule has 0 unspecified atom stereocenters. The van der Waals surface area contributed by atoms with E-state index in [1.807, 2.05) is 0 Å². The smallest absolute Gasteiger partial charge is 0.319 e. The monoisotopic (exact) mass is 416 g/mol. The number of rotatable bonds is 6. The van der Waals surface area contributed by atoms with E-state index < -0.39 is 5.79 Å². The zero-order valence-corrected chi connectivity index (χ0v) is 19.6. The van der Waals surface area contributed by atoms with Crippen LogP contribution in [0.15, 0.2) is 18.2 Å². The summed E-state index contributed by atoms with van der Waals surface area (Å²) in [4.78, 5) is 13.0. The fraction of sp³-hybridized carbons (Fsp3) is 0.720. The summed E-state index contributed by atoms with van der Waals surface area (Å²) in [6.07, 6.45) is 5.93. The average Bonchev–Trinajstić information content (AvgIpc) is 3.02. The minimum absolute atomic E-state index is 0.0333. The molecule has 1 aromatic carbocycles. The Bertz CT molecular complexity index is 689. The largest absolute Gasteiger partial charge is 0.342 e. The van der Waals surface area contributed by atoms with Crippen LogP contribution in [-0.2, 0) is 9.47 Å². The number of anilines is 1. The highest BCUT2D eigenvalue weighted by atomic mass is 16.8. The van der Waals surface area contributed by atoms with Crippen LogP contribution in [0.1, 0.15) is 96.6 Å². The molecule has 1 heterocycles. The third kappa shape index (κ3) is 5.00. The molecule has 5 nitrogen and oxygen atoms in total. The topological polar surface area (TPSA) is 59.6 Å². The molecule has 1 aliphatic carbocycles. The predicted molar refractivity (Wildman–Crippen MR) is 122 cm³/mol. The van der Waals surface area contributed by atoms with Crippen molar-refractivity contribution >= 4 is 11.7 Å². The molecular formula is C25H40N2O3. The molecule has 1 aliphatic heterocycles. The summed E-state index contributed by atoms with van der Waals surface area (Å²) in [5.74, 6) is 0.273. The molecule has 168 valence electrons. The second-order valence-electron chi connectivity index (χ2n) is 9.72. The first kappa shape index (κ1) is 23.1. The molecule has 30 heavy (non-hydrogen) atoms. The third-order valence-electron chi connectivity index (χ3n) is 6.77. The summed E-state index contributed by atoms with van der Waals surface area (Å²) in [7, 11) is 0. The molecule has 0 radical (unpaired) electrons. The number of hydrogen-bond donors (Lipinski definition) is 2. The van der Waals surface area contributed by atoms with Gasteiger partial charge in [0.15, 0.2) is 5.79 Å². The van der Waals surface area contributed by atoms with Crippen molar-refractivity contribution in [2.45, 2.75) is 103 Å². The van der Waals surface area contributed by atoms with Gasteiger partial charge in [-0.05, 0) is 49.7 Å². The van der Waals surface area contributed by atoms with Gasteiger partial charge in [0, 0.05) is 11.6 Å². The van der Waals surface area contributed by atoms with Crippen LogP contribution in [0.4, 0.5) is 10.5 Å². The van der Waals surface area contributed by atoms with Crippen molar-refractivity contribution in [1.82, 2.24) is 5.32 Å². The molecule has 0 spiro atoms. The van der Waals surface area contributed by atoms with Gasteiger partial charge in [-0.2, -0.15) is 0 Å². The van der Waals surface area contributed by atoms with Gasteiger partial charge in [-0.3, -0.25) is 0 Å². The molecule has 5 heteroatoms. The highest BCUT2D eigenvalue weighted by Crippen LogP contribution is 2.41. The van der Waals surface area contributed by atoms with Crippen LogP contribution < -0.4 is 10.6 Å². The first-order valence-electron chi connectivity index (χ1n) is 11.8. The summed E-state index contributed by atoms with van der Waals surface area (Å²) < 4.78 is 12.7. The van der Waals surface area contributed by atoms with E-state index in [9.17, 15) is 4.79 Å². The van der Waals surface area contributed by atoms with Gasteiger partial charge in [-0.25, -0.2) is 4.79 Å². The third-order valence-corrected chi connectivity index (χ3v) is 6.77. The maximum atomic E-state index is 13.0. The predicted octanol–water partition coefficient (Wildman–Crippen LogP) is 6.16. The van der Waals surface area contributed by atoms with E-state index in [4.69, 9.17) is 9.47 Å². The minimum Gasteiger partial charge on any atom is -0.342 e. The Morgan fingerprint density at radius 2 is 1.53 bits per heavy atom. The highest BCUT2D eigenvalue weighted by molar-refractivity contribution is 5.91. The van der Waals surface area contributed by atoms with E-state index in [0.29, 0.717) is 24.3 Å². The van der Waals surface area contributed by atoms with Crippen LogP contribution in [0.2, 0.25) is 0 Å². The van der Waals surface area contributed by atoms with Crippen LogP contribution in [0.25, 0.3) is 0 Å². The molecule has 2 amide bonds. The number of urea groups is 1. The first-order chi connectivity index (χ1) is 14.2. The van der Waals surface area contributed by atoms with E-state index in [0.717, 1.165) is 29.7 Å². The lowest BCUT2D eigenvalue weighted by molar-refractivity contribution is -0.210. The highest BCUT2D eigenvalue weighted by Gasteiger charge is 2.49. The van der Waals surface area contributed by atoms with Crippen molar-refractivity contribution < 1.29 is 14.3 Å². The Kier molecular flexibility index (Phi) is 7.46. The molecule has 2 fully saturated rings. The van der Waals surface area contributed by atoms with E-state index in [1.165, 1.54) is 19.3 Å². The average molecular weight is 417 g/mol. The van der Waals surface area contributed by atoms with E-state index in [1.54, 1.807) is 0 Å². The lowest BCUT2D eigenvalue weighted by Gasteiger charge is -2.38. The number of nitrogens with one attached hydrogen (secondary N) is 2. The van der Waals surface area contributed by atoms with E-state index in [2.05, 4.69) is 70.4 Å². The molecule has 1 saturated heterocycles. The molecular weight excluding hydrogens is 376 g/mol. The van der Waals surface area contributed by atoms with Gasteiger partial charge in [0.2, 0.25) is 0 Å². The minimum atomic E-state index is -0.713. The Labute approximate surface area is 182 Å². The summed E-state index contributed by atoms with van der Waals surface area (Å²) in [5, 5.41) is 6.23. The number of carbonyl (C=O) groups excluding carboxylic acids is 1. The van der Waals surface area contributed by atoms with Gasteiger partial charge < -0.3 is 20.1 Å². The van der Waals surface area contributed by atoms with Crippen LogP contribution in [0.3, 0.4) is 0 Å². The number of amides is 2. The quantitative estimate of drug-likeness (QED) is 0.584. The molecule has 3 rings (SSSR count). The normalized spacial score (nSPS) is 24.4. The number of benzene rings is 1. The zero-order valence-electron chi connectivity index (χ0n) is 19.6. The summed E-state index contributed by atoms with van der Waals surface area (Å²) in [5.41, 5.74) is 3.25. The van der Waals surface area contributed by atoms with Gasteiger partial charge in [0.05, 0.1) is 18.8 Å². The van der Waals surface area contributed by atoms with Gasteiger partial charge in [-0.15, -0.1) is 0 Å². The van der Waals surface area contributed by atoms with Crippen molar-refractivity contribution in [3.05, 3.63) is 29.3 Å². The fourth-order valence-electron chi connectivity index (χ4n) is 4.87. The number of para-hydroxylation sites is 1. The summed E-state index contributed by atoms with van der Waals surface area (Å²) in [6.45, 7) is 13.1. The molecule has 1 aromatic rings. The molecule has 2 atom stereocenters. The first-order valence-corrected chi connectivity index (χ1v) is 11.8. The Morgan fingerprint density at radius 3 is 2.03 bits per heavy atom. The number of ether oxygens (including phenoxy) is 2. The molecule has 2 N–H and O–H groups in total. The van der Waals surface area contributed by atoms with Crippen molar-refractivity contribution in [1.29, 1.82) is 0 Å². The van der Waals surface area contributed by atoms with Gasteiger partial charge >= 0.3 is 6.03 Å². The van der Waals surface area contributed by atoms with Crippen molar-refractivity contribution in [2.75, 3.05) is 11.9 Å². The van der Waals surface area contributed by atoms with Crippen molar-refractivity contribution in [2.24, 2.45) is 5.92 Å². The fourth-order valence-corrected chi connectivity index (χ4v) is 4.87. The molecule has 0 bridgehead atoms. The number of carbonyl (C=O) groups is 1. The van der Waals surface area contributed by atoms with Crippen LogP contribution >= 0.6 is 0 Å². The van der Waals surface area contributed by atoms with Crippen molar-refractivity contribution in [3.8, 4) is 0 Å². The zero-order chi connectivity index (χ0) is 21.9. The Balaban J connectivity index is 1.74. The summed E-state index contributed by atoms with van der Waals surface area (Å²) in [6, 6.07) is 6.08. The standard InChI is InChI=1S/C25H40N2O3/c1-16(2)21-13-10-14-22(17(3)4)23(21)27-24(28)26-15-25(20-11-8-7-9-12-20)29-18(5)19(6)30-25/h10,13-14,16-20H,7-9,11-12,15H2,1-6H3,(H2,26,27,28)/t18-,19-/m1/s1. The maximum absolute atomic E-state index is 13.0. The lowest BCUT2D eigenvalue weighted by atomic mass is 9.83. The molecule has 2 aliphatic rings.